The summed E-state index contributed by atoms with van der Waals surface area (Å²) in [5.41, 5.74) is 1.39. The number of aromatic carboxylic acids is 1. The van der Waals surface area contributed by atoms with Crippen LogP contribution in [-0.4, -0.2) is 45.7 Å². The molecule has 5 nitrogen and oxygen atoms in total. The van der Waals surface area contributed by atoms with Gasteiger partial charge in [0.1, 0.15) is 5.56 Å². The molecule has 0 bridgehead atoms. The van der Waals surface area contributed by atoms with Crippen LogP contribution >= 0.6 is 23.2 Å². The molecule has 1 heterocycles. The molecule has 1 aromatic heterocycles. The number of benzene rings is 2. The number of nitrogens with zero attached hydrogens (tertiary/aromatic N) is 2. The van der Waals surface area contributed by atoms with E-state index in [0.717, 1.165) is 5.56 Å². The molecule has 160 valence electrons. The van der Waals surface area contributed by atoms with Gasteiger partial charge in [-0.05, 0) is 49.5 Å². The third-order valence-corrected chi connectivity index (χ3v) is 5.32. The Bertz CT molecular complexity index is 998. The number of aromatic nitrogens is 1. The summed E-state index contributed by atoms with van der Waals surface area (Å²) >= 11 is 11.8. The van der Waals surface area contributed by atoms with Crippen LogP contribution < -0.4 is 0 Å². The summed E-state index contributed by atoms with van der Waals surface area (Å²) < 4.78 is 0. The van der Waals surface area contributed by atoms with E-state index in [0.29, 0.717) is 20.9 Å². The number of pyridine rings is 1. The van der Waals surface area contributed by atoms with Gasteiger partial charge in [-0.2, -0.15) is 0 Å². The van der Waals surface area contributed by atoms with E-state index in [4.69, 9.17) is 23.2 Å². The van der Waals surface area contributed by atoms with E-state index in [1.165, 1.54) is 19.6 Å². The number of carbonyl (C=O) groups is 1. The number of rotatable bonds is 6. The highest BCUT2D eigenvalue weighted by Gasteiger charge is 2.20. The minimum absolute atomic E-state index is 0.171. The van der Waals surface area contributed by atoms with Crippen LogP contribution in [0.1, 0.15) is 42.4 Å². The van der Waals surface area contributed by atoms with Crippen molar-refractivity contribution < 1.29 is 15.0 Å². The van der Waals surface area contributed by atoms with Crippen LogP contribution in [0.25, 0.3) is 10.9 Å². The second kappa shape index (κ2) is 11.2. The van der Waals surface area contributed by atoms with Crippen LogP contribution in [0, 0.1) is 0 Å². The molecule has 0 aliphatic carbocycles. The lowest BCUT2D eigenvalue weighted by atomic mass is 10.0. The molecule has 0 radical (unpaired) electrons. The second-order valence-electron chi connectivity index (χ2n) is 6.67. The van der Waals surface area contributed by atoms with Crippen LogP contribution in [-0.2, 0) is 6.42 Å². The zero-order valence-electron chi connectivity index (χ0n) is 17.3. The van der Waals surface area contributed by atoms with Crippen molar-refractivity contribution in [3.8, 4) is 5.75 Å². The first-order valence-electron chi connectivity index (χ1n) is 9.81. The summed E-state index contributed by atoms with van der Waals surface area (Å²) in [7, 11) is 0. The van der Waals surface area contributed by atoms with Gasteiger partial charge in [-0.1, -0.05) is 62.2 Å². The molecule has 7 heteroatoms. The van der Waals surface area contributed by atoms with Crippen molar-refractivity contribution in [1.29, 1.82) is 0 Å². The first-order valence-corrected chi connectivity index (χ1v) is 10.6. The topological polar surface area (TPSA) is 73.7 Å². The molecular weight excluding hydrogens is 423 g/mol. The molecule has 0 saturated carbocycles. The summed E-state index contributed by atoms with van der Waals surface area (Å²) in [6, 6.07) is 11.7. The van der Waals surface area contributed by atoms with E-state index in [-0.39, 0.29) is 23.4 Å². The summed E-state index contributed by atoms with van der Waals surface area (Å²) in [4.78, 5) is 18.3. The lowest BCUT2D eigenvalue weighted by Gasteiger charge is -2.13. The molecular formula is C23H26Cl2N2O3. The molecule has 0 aliphatic rings. The highest BCUT2D eigenvalue weighted by molar-refractivity contribution is 6.31. The minimum atomic E-state index is -1.21. The number of fused-ring (bicyclic) bond motifs is 1. The van der Waals surface area contributed by atoms with Gasteiger partial charge in [0, 0.05) is 21.9 Å². The average molecular weight is 449 g/mol. The quantitative estimate of drug-likeness (QED) is 0.491. The van der Waals surface area contributed by atoms with Gasteiger partial charge in [-0.15, -0.1) is 0 Å². The molecule has 0 spiro atoms. The van der Waals surface area contributed by atoms with E-state index in [9.17, 15) is 15.0 Å². The molecule has 2 aromatic carbocycles. The van der Waals surface area contributed by atoms with Gasteiger partial charge in [0.05, 0.1) is 11.2 Å². The summed E-state index contributed by atoms with van der Waals surface area (Å²) in [6.07, 6.45) is 0.283. The number of hydrogen-bond donors (Lipinski definition) is 2. The molecule has 0 atom stereocenters. The predicted octanol–water partition coefficient (Wildman–Crippen LogP) is 5.88. The Morgan fingerprint density at radius 3 is 2.03 bits per heavy atom. The average Bonchev–Trinajstić information content (AvgIpc) is 2.72. The fourth-order valence-electron chi connectivity index (χ4n) is 3.09. The second-order valence-corrected chi connectivity index (χ2v) is 7.54. The highest BCUT2D eigenvalue weighted by Crippen LogP contribution is 2.32. The maximum absolute atomic E-state index is 11.5. The molecule has 0 unspecified atom stereocenters. The van der Waals surface area contributed by atoms with E-state index in [1.54, 1.807) is 42.5 Å². The van der Waals surface area contributed by atoms with Gasteiger partial charge in [0.25, 0.3) is 0 Å². The summed E-state index contributed by atoms with van der Waals surface area (Å²) in [5, 5.41) is 21.2. The zero-order chi connectivity index (χ0) is 22.3. The molecule has 0 fully saturated rings. The van der Waals surface area contributed by atoms with Crippen molar-refractivity contribution in [2.75, 3.05) is 19.6 Å². The van der Waals surface area contributed by atoms with Crippen molar-refractivity contribution in [3.05, 3.63) is 69.3 Å². The first-order chi connectivity index (χ1) is 14.3. The number of carboxylic acid groups (broad SMARTS) is 1. The van der Waals surface area contributed by atoms with Crippen LogP contribution in [0.15, 0.2) is 42.5 Å². The highest BCUT2D eigenvalue weighted by atomic mass is 35.5. The van der Waals surface area contributed by atoms with Crippen molar-refractivity contribution in [3.63, 3.8) is 0 Å². The maximum Gasteiger partial charge on any atom is 0.340 e. The Balaban J connectivity index is 0.000000396. The van der Waals surface area contributed by atoms with E-state index in [1.807, 2.05) is 0 Å². The Morgan fingerprint density at radius 2 is 1.53 bits per heavy atom. The fraction of sp³-hybridized carbons (Fsp3) is 0.304. The number of halogens is 2. The van der Waals surface area contributed by atoms with Crippen LogP contribution in [0.3, 0.4) is 0 Å². The van der Waals surface area contributed by atoms with Crippen LogP contribution in [0.4, 0.5) is 0 Å². The summed E-state index contributed by atoms with van der Waals surface area (Å²) in [6.45, 7) is 10.1. The Labute approximate surface area is 186 Å². The normalized spacial score (nSPS) is 10.7. The van der Waals surface area contributed by atoms with Crippen LogP contribution in [0.2, 0.25) is 10.0 Å². The van der Waals surface area contributed by atoms with Crippen molar-refractivity contribution in [1.82, 2.24) is 9.88 Å². The predicted molar refractivity (Wildman–Crippen MR) is 123 cm³/mol. The Hall–Kier alpha value is -2.34. The van der Waals surface area contributed by atoms with Crippen molar-refractivity contribution in [2.45, 2.75) is 27.2 Å². The molecule has 0 aliphatic heterocycles. The van der Waals surface area contributed by atoms with Gasteiger partial charge in [-0.25, -0.2) is 9.78 Å². The minimum Gasteiger partial charge on any atom is -0.505 e. The van der Waals surface area contributed by atoms with Gasteiger partial charge >= 0.3 is 5.97 Å². The lowest BCUT2D eigenvalue weighted by molar-refractivity contribution is 0.0695. The monoisotopic (exact) mass is 448 g/mol. The molecule has 2 N–H and O–H groups in total. The van der Waals surface area contributed by atoms with Gasteiger partial charge in [0.2, 0.25) is 0 Å². The summed E-state index contributed by atoms with van der Waals surface area (Å²) in [5.74, 6) is -1.54. The third kappa shape index (κ3) is 6.08. The molecule has 3 rings (SSSR count). The molecule has 0 saturated heterocycles. The Kier molecular flexibility index (Phi) is 8.90. The SMILES string of the molecule is CCN(CC)CC.O=C(O)c1c(O)c(Cc2ccc(Cl)cc2)nc2cc(Cl)ccc12. The number of aromatic hydroxyl groups is 1. The molecule has 3 aromatic rings. The van der Waals surface area contributed by atoms with E-state index < -0.39 is 5.97 Å². The third-order valence-electron chi connectivity index (χ3n) is 4.84. The smallest absolute Gasteiger partial charge is 0.340 e. The van der Waals surface area contributed by atoms with Gasteiger partial charge < -0.3 is 15.1 Å². The van der Waals surface area contributed by atoms with E-state index >= 15 is 0 Å². The maximum atomic E-state index is 11.5. The standard InChI is InChI=1S/C17H11Cl2NO3.C6H15N/c18-10-3-1-9(2-4-10)7-14-16(21)15(17(22)23)12-6-5-11(19)8-13(12)20-14;1-4-7(5-2)6-3/h1-6,8,21H,7H2,(H,22,23);4-6H2,1-3H3. The van der Waals surface area contributed by atoms with Gasteiger partial charge in [0.15, 0.2) is 5.75 Å². The van der Waals surface area contributed by atoms with E-state index in [2.05, 4.69) is 30.7 Å². The largest absolute Gasteiger partial charge is 0.505 e. The zero-order valence-corrected chi connectivity index (χ0v) is 18.8. The van der Waals surface area contributed by atoms with Crippen LogP contribution in [0.5, 0.6) is 5.75 Å². The number of hydrogen-bond acceptors (Lipinski definition) is 4. The molecule has 0 amide bonds. The van der Waals surface area contributed by atoms with Crippen molar-refractivity contribution in [2.24, 2.45) is 0 Å². The lowest BCUT2D eigenvalue weighted by Crippen LogP contribution is -2.21. The first kappa shape index (κ1) is 23.9. The van der Waals surface area contributed by atoms with Gasteiger partial charge in [-0.3, -0.25) is 0 Å². The molecule has 30 heavy (non-hydrogen) atoms. The number of carboxylic acids is 1. The van der Waals surface area contributed by atoms with Crippen molar-refractivity contribution >= 4 is 40.1 Å². The Morgan fingerprint density at radius 1 is 0.967 bits per heavy atom. The fourth-order valence-corrected chi connectivity index (χ4v) is 3.38.